The molecule has 7 heteroatoms. The zero-order chi connectivity index (χ0) is 24.2. The minimum absolute atomic E-state index is 0.0203. The van der Waals surface area contributed by atoms with E-state index in [1.807, 2.05) is 64.4 Å². The maximum Gasteiger partial charge on any atom is 0.253 e. The second-order valence-corrected chi connectivity index (χ2v) is 9.09. The number of hydrogen-bond acceptors (Lipinski definition) is 4. The summed E-state index contributed by atoms with van der Waals surface area (Å²) in [6.45, 7) is 4.89. The maximum atomic E-state index is 13.8. The quantitative estimate of drug-likeness (QED) is 0.594. The smallest absolute Gasteiger partial charge is 0.253 e. The molecule has 2 fully saturated rings. The zero-order valence-corrected chi connectivity index (χ0v) is 19.6. The van der Waals surface area contributed by atoms with Crippen molar-refractivity contribution in [3.63, 3.8) is 0 Å². The second kappa shape index (κ2) is 10.3. The number of anilines is 1. The summed E-state index contributed by atoms with van der Waals surface area (Å²) in [6, 6.07) is 23.8. The molecule has 0 saturated carbocycles. The third-order valence-corrected chi connectivity index (χ3v) is 6.82. The molecule has 0 spiro atoms. The van der Waals surface area contributed by atoms with Crippen LogP contribution in [0.1, 0.15) is 26.3 Å². The van der Waals surface area contributed by atoms with Gasteiger partial charge in [0.1, 0.15) is 5.82 Å². The summed E-state index contributed by atoms with van der Waals surface area (Å²) in [5.41, 5.74) is 2.75. The summed E-state index contributed by atoms with van der Waals surface area (Å²) >= 11 is 0. The van der Waals surface area contributed by atoms with E-state index < -0.39 is 0 Å². The first-order chi connectivity index (χ1) is 17.1. The van der Waals surface area contributed by atoms with Gasteiger partial charge in [-0.2, -0.15) is 0 Å². The average Bonchev–Trinajstić information content (AvgIpc) is 2.88. The monoisotopic (exact) mass is 472 g/mol. The molecule has 5 rings (SSSR count). The van der Waals surface area contributed by atoms with Crippen LogP contribution in [0, 0.1) is 5.82 Å². The van der Waals surface area contributed by atoms with E-state index in [9.17, 15) is 14.0 Å². The molecule has 0 aromatic heterocycles. The van der Waals surface area contributed by atoms with Crippen LogP contribution in [0.5, 0.6) is 0 Å². The van der Waals surface area contributed by atoms with Crippen LogP contribution >= 0.6 is 0 Å². The summed E-state index contributed by atoms with van der Waals surface area (Å²) in [4.78, 5) is 31.8. The number of carbonyl (C=O) groups excluding carboxylic acids is 2. The van der Waals surface area contributed by atoms with Gasteiger partial charge < -0.3 is 15.1 Å². The fourth-order valence-electron chi connectivity index (χ4n) is 4.70. The highest BCUT2D eigenvalue weighted by Gasteiger charge is 2.37. The fraction of sp³-hybridized carbons (Fsp3) is 0.286. The van der Waals surface area contributed by atoms with E-state index in [0.29, 0.717) is 50.0 Å². The molecule has 2 saturated heterocycles. The minimum Gasteiger partial charge on any atom is -0.379 e. The van der Waals surface area contributed by atoms with Crippen LogP contribution in [0.2, 0.25) is 0 Å². The number of piperazine rings is 1. The molecule has 2 heterocycles. The number of halogens is 1. The van der Waals surface area contributed by atoms with Crippen molar-refractivity contribution < 1.29 is 14.0 Å². The lowest BCUT2D eigenvalue weighted by molar-refractivity contribution is 0.00853. The molecule has 2 aliphatic heterocycles. The van der Waals surface area contributed by atoms with Gasteiger partial charge in [-0.05, 0) is 42.0 Å². The molecule has 0 radical (unpaired) electrons. The van der Waals surface area contributed by atoms with Crippen LogP contribution in [0.3, 0.4) is 0 Å². The predicted octanol–water partition coefficient (Wildman–Crippen LogP) is 3.72. The van der Waals surface area contributed by atoms with Crippen molar-refractivity contribution >= 4 is 17.5 Å². The molecule has 0 bridgehead atoms. The Kier molecular flexibility index (Phi) is 6.77. The SMILES string of the molecule is O=C(c1ccccc1)N1CCN(C2CN(C(=O)c3cccc(CNc4ccccc4F)c3)C2)CC1. The summed E-state index contributed by atoms with van der Waals surface area (Å²) in [6.07, 6.45) is 0. The van der Waals surface area contributed by atoms with E-state index in [-0.39, 0.29) is 17.6 Å². The van der Waals surface area contributed by atoms with Gasteiger partial charge in [-0.1, -0.05) is 42.5 Å². The van der Waals surface area contributed by atoms with Gasteiger partial charge in [0.2, 0.25) is 0 Å². The summed E-state index contributed by atoms with van der Waals surface area (Å²) < 4.78 is 13.8. The standard InChI is InChI=1S/C28H29FN4O2/c29-25-11-4-5-12-26(25)30-18-21-7-6-10-23(17-21)28(35)33-19-24(20-33)31-13-15-32(16-14-31)27(34)22-8-2-1-3-9-22/h1-12,17,24,30H,13-16,18-20H2. The predicted molar refractivity (Wildman–Crippen MR) is 134 cm³/mol. The van der Waals surface area contributed by atoms with Gasteiger partial charge in [0.05, 0.1) is 5.69 Å². The third-order valence-electron chi connectivity index (χ3n) is 6.82. The number of benzene rings is 3. The highest BCUT2D eigenvalue weighted by atomic mass is 19.1. The van der Waals surface area contributed by atoms with Gasteiger partial charge in [-0.25, -0.2) is 4.39 Å². The van der Waals surface area contributed by atoms with Crippen LogP contribution in [0.4, 0.5) is 10.1 Å². The first kappa shape index (κ1) is 23.1. The number of para-hydroxylation sites is 1. The maximum absolute atomic E-state index is 13.8. The van der Waals surface area contributed by atoms with Crippen LogP contribution in [-0.2, 0) is 6.54 Å². The molecule has 2 amide bonds. The van der Waals surface area contributed by atoms with E-state index >= 15 is 0 Å². The van der Waals surface area contributed by atoms with E-state index in [1.54, 1.807) is 18.2 Å². The van der Waals surface area contributed by atoms with E-state index in [4.69, 9.17) is 0 Å². The molecular formula is C28H29FN4O2. The largest absolute Gasteiger partial charge is 0.379 e. The normalized spacial score (nSPS) is 16.6. The summed E-state index contributed by atoms with van der Waals surface area (Å²) in [5, 5.41) is 3.09. The number of amides is 2. The molecule has 6 nitrogen and oxygen atoms in total. The Balaban J connectivity index is 1.10. The first-order valence-electron chi connectivity index (χ1n) is 12.0. The molecule has 180 valence electrons. The van der Waals surface area contributed by atoms with Crippen molar-refractivity contribution in [2.75, 3.05) is 44.6 Å². The minimum atomic E-state index is -0.295. The second-order valence-electron chi connectivity index (χ2n) is 9.09. The van der Waals surface area contributed by atoms with E-state index in [2.05, 4.69) is 10.2 Å². The number of likely N-dealkylation sites (tertiary alicyclic amines) is 1. The van der Waals surface area contributed by atoms with E-state index in [1.165, 1.54) is 6.07 Å². The molecule has 2 aliphatic rings. The molecule has 3 aromatic rings. The van der Waals surface area contributed by atoms with Crippen LogP contribution in [0.25, 0.3) is 0 Å². The highest BCUT2D eigenvalue weighted by Crippen LogP contribution is 2.21. The van der Waals surface area contributed by atoms with Crippen molar-refractivity contribution in [2.45, 2.75) is 12.6 Å². The molecule has 3 aromatic carbocycles. The Labute approximate surface area is 205 Å². The molecule has 0 unspecified atom stereocenters. The number of nitrogens with one attached hydrogen (secondary N) is 1. The first-order valence-corrected chi connectivity index (χ1v) is 12.0. The Bertz CT molecular complexity index is 1190. The van der Waals surface area contributed by atoms with Crippen LogP contribution in [0.15, 0.2) is 78.9 Å². The number of hydrogen-bond donors (Lipinski definition) is 1. The zero-order valence-electron chi connectivity index (χ0n) is 19.6. The molecule has 0 aliphatic carbocycles. The Morgan fingerprint density at radius 3 is 2.17 bits per heavy atom. The molecule has 35 heavy (non-hydrogen) atoms. The van der Waals surface area contributed by atoms with Crippen molar-refractivity contribution in [1.82, 2.24) is 14.7 Å². The lowest BCUT2D eigenvalue weighted by Gasteiger charge is -2.48. The molecule has 0 atom stereocenters. The van der Waals surface area contributed by atoms with Gasteiger partial charge in [0, 0.05) is 63.0 Å². The van der Waals surface area contributed by atoms with Gasteiger partial charge in [0.25, 0.3) is 11.8 Å². The van der Waals surface area contributed by atoms with Crippen molar-refractivity contribution in [1.29, 1.82) is 0 Å². The Morgan fingerprint density at radius 2 is 1.43 bits per heavy atom. The Hall–Kier alpha value is -3.71. The van der Waals surface area contributed by atoms with Gasteiger partial charge in [0.15, 0.2) is 0 Å². The third kappa shape index (κ3) is 5.20. The van der Waals surface area contributed by atoms with Crippen LogP contribution in [-0.4, -0.2) is 71.8 Å². The van der Waals surface area contributed by atoms with Crippen LogP contribution < -0.4 is 5.32 Å². The van der Waals surface area contributed by atoms with Gasteiger partial charge in [-0.3, -0.25) is 14.5 Å². The molecular weight excluding hydrogens is 443 g/mol. The van der Waals surface area contributed by atoms with Crippen molar-refractivity contribution in [3.8, 4) is 0 Å². The molecule has 1 N–H and O–H groups in total. The average molecular weight is 473 g/mol. The van der Waals surface area contributed by atoms with Crippen molar-refractivity contribution in [2.24, 2.45) is 0 Å². The number of rotatable bonds is 6. The number of nitrogens with zero attached hydrogens (tertiary/aromatic N) is 3. The topological polar surface area (TPSA) is 55.9 Å². The Morgan fingerprint density at radius 1 is 0.771 bits per heavy atom. The summed E-state index contributed by atoms with van der Waals surface area (Å²) in [5.74, 6) is -0.191. The van der Waals surface area contributed by atoms with E-state index in [0.717, 1.165) is 24.2 Å². The van der Waals surface area contributed by atoms with Gasteiger partial charge >= 0.3 is 0 Å². The number of carbonyl (C=O) groups is 2. The highest BCUT2D eigenvalue weighted by molar-refractivity contribution is 5.95. The van der Waals surface area contributed by atoms with Crippen molar-refractivity contribution in [3.05, 3.63) is 101 Å². The fourth-order valence-corrected chi connectivity index (χ4v) is 4.70. The lowest BCUT2D eigenvalue weighted by Crippen LogP contribution is -2.64. The lowest BCUT2D eigenvalue weighted by atomic mass is 10.0. The van der Waals surface area contributed by atoms with Gasteiger partial charge in [-0.15, -0.1) is 0 Å². The summed E-state index contributed by atoms with van der Waals surface area (Å²) in [7, 11) is 0.